The summed E-state index contributed by atoms with van der Waals surface area (Å²) in [6.45, 7) is 0. The van der Waals surface area contributed by atoms with Gasteiger partial charge in [-0.2, -0.15) is 13.2 Å². The summed E-state index contributed by atoms with van der Waals surface area (Å²) in [6, 6.07) is 12.6. The van der Waals surface area contributed by atoms with E-state index in [4.69, 9.17) is 5.41 Å². The number of nitrogens with zero attached hydrogens (tertiary/aromatic N) is 1. The molecule has 0 radical (unpaired) electrons. The zero-order valence-electron chi connectivity index (χ0n) is 15.6. The molecule has 0 spiro atoms. The van der Waals surface area contributed by atoms with Crippen molar-refractivity contribution >= 4 is 22.5 Å². The highest BCUT2D eigenvalue weighted by atomic mass is 19.4. The molecule has 3 aromatic rings. The van der Waals surface area contributed by atoms with Crippen molar-refractivity contribution in [1.82, 2.24) is 15.6 Å². The van der Waals surface area contributed by atoms with Gasteiger partial charge in [0.2, 0.25) is 0 Å². The highest BCUT2D eigenvalue weighted by molar-refractivity contribution is 6.01. The van der Waals surface area contributed by atoms with Crippen molar-refractivity contribution in [2.24, 2.45) is 0 Å². The Labute approximate surface area is 168 Å². The van der Waals surface area contributed by atoms with E-state index in [1.165, 1.54) is 31.4 Å². The van der Waals surface area contributed by atoms with E-state index in [1.807, 2.05) is 0 Å². The fourth-order valence-electron chi connectivity index (χ4n) is 2.70. The molecule has 5 nitrogen and oxygen atoms in total. The van der Waals surface area contributed by atoms with E-state index in [0.717, 1.165) is 0 Å². The minimum atomic E-state index is -4.82. The number of rotatable bonds is 5. The molecule has 0 unspecified atom stereocenters. The van der Waals surface area contributed by atoms with Gasteiger partial charge in [0.05, 0.1) is 5.52 Å². The normalized spacial score (nSPS) is 12.0. The molecule has 9 heteroatoms. The molecule has 3 N–H and O–H groups in total. The smallest absolute Gasteiger partial charge is 0.375 e. The molecule has 1 heterocycles. The SMILES string of the molecule is CN/C(=C\C(=N)C(F)(F)F)NC(=O)c1ccc2cc(-c3ccccc3F)cnc2c1. The summed E-state index contributed by atoms with van der Waals surface area (Å²) in [5.41, 5.74) is -0.0180. The zero-order chi connectivity index (χ0) is 21.9. The first-order valence-electron chi connectivity index (χ1n) is 8.70. The van der Waals surface area contributed by atoms with E-state index in [2.05, 4.69) is 15.6 Å². The zero-order valence-corrected chi connectivity index (χ0v) is 15.6. The van der Waals surface area contributed by atoms with Crippen LogP contribution < -0.4 is 10.6 Å². The van der Waals surface area contributed by atoms with Crippen LogP contribution in [0.15, 0.2) is 66.6 Å². The molecule has 0 aliphatic heterocycles. The van der Waals surface area contributed by atoms with E-state index in [1.54, 1.807) is 30.3 Å². The van der Waals surface area contributed by atoms with Gasteiger partial charge in [-0.1, -0.05) is 24.3 Å². The topological polar surface area (TPSA) is 77.9 Å². The van der Waals surface area contributed by atoms with Gasteiger partial charge in [-0.25, -0.2) is 4.39 Å². The molecule has 0 saturated heterocycles. The quantitative estimate of drug-likeness (QED) is 0.426. The Kier molecular flexibility index (Phi) is 5.81. The van der Waals surface area contributed by atoms with Crippen LogP contribution in [0, 0.1) is 11.2 Å². The van der Waals surface area contributed by atoms with Crippen molar-refractivity contribution in [2.45, 2.75) is 6.18 Å². The van der Waals surface area contributed by atoms with Gasteiger partial charge in [0.1, 0.15) is 17.3 Å². The Hall–Kier alpha value is -3.75. The third-order valence-corrected chi connectivity index (χ3v) is 4.24. The number of allylic oxidation sites excluding steroid dienone is 1. The molecule has 0 aliphatic rings. The standard InChI is InChI=1S/C21H16F4N4O/c1-27-19(10-18(26)21(23,24)25)29-20(30)13-7-6-12-8-14(11-28-17(12)9-13)15-4-2-3-5-16(15)22/h2-11,26-27H,1H3,(H,29,30)/b19-10+,26-18?. The van der Waals surface area contributed by atoms with Gasteiger partial charge in [-0.15, -0.1) is 0 Å². The summed E-state index contributed by atoms with van der Waals surface area (Å²) in [6.07, 6.45) is -2.86. The Bertz CT molecular complexity index is 1160. The highest BCUT2D eigenvalue weighted by Gasteiger charge is 2.33. The van der Waals surface area contributed by atoms with Crippen LogP contribution in [-0.2, 0) is 0 Å². The van der Waals surface area contributed by atoms with Crippen LogP contribution in [0.3, 0.4) is 0 Å². The molecule has 3 rings (SSSR count). The second kappa shape index (κ2) is 8.32. The molecule has 0 aliphatic carbocycles. The molecular weight excluding hydrogens is 400 g/mol. The molecule has 0 saturated carbocycles. The van der Waals surface area contributed by atoms with Crippen LogP contribution in [0.5, 0.6) is 0 Å². The molecule has 0 bridgehead atoms. The number of alkyl halides is 3. The first kappa shape index (κ1) is 21.0. The molecule has 30 heavy (non-hydrogen) atoms. The fraction of sp³-hybridized carbons (Fsp3) is 0.0952. The van der Waals surface area contributed by atoms with Gasteiger partial charge in [0.15, 0.2) is 0 Å². The summed E-state index contributed by atoms with van der Waals surface area (Å²) in [4.78, 5) is 16.7. The van der Waals surface area contributed by atoms with E-state index in [-0.39, 0.29) is 17.2 Å². The maximum absolute atomic E-state index is 14.0. The Balaban J connectivity index is 1.85. The molecule has 0 atom stereocenters. The average Bonchev–Trinajstić information content (AvgIpc) is 2.72. The van der Waals surface area contributed by atoms with Crippen LogP contribution in [0.2, 0.25) is 0 Å². The summed E-state index contributed by atoms with van der Waals surface area (Å²) < 4.78 is 51.5. The first-order chi connectivity index (χ1) is 14.2. The number of halogens is 4. The maximum Gasteiger partial charge on any atom is 0.432 e. The highest BCUT2D eigenvalue weighted by Crippen LogP contribution is 2.25. The lowest BCUT2D eigenvalue weighted by atomic mass is 10.0. The number of nitrogens with one attached hydrogen (secondary N) is 3. The van der Waals surface area contributed by atoms with Gasteiger partial charge in [0.25, 0.3) is 5.91 Å². The Morgan fingerprint density at radius 1 is 1.13 bits per heavy atom. The summed E-state index contributed by atoms with van der Waals surface area (Å²) in [7, 11) is 1.32. The third kappa shape index (κ3) is 4.62. The summed E-state index contributed by atoms with van der Waals surface area (Å²) >= 11 is 0. The number of aromatic nitrogens is 1. The van der Waals surface area contributed by atoms with Crippen molar-refractivity contribution in [3.63, 3.8) is 0 Å². The van der Waals surface area contributed by atoms with Gasteiger partial charge >= 0.3 is 6.18 Å². The van der Waals surface area contributed by atoms with Crippen molar-refractivity contribution in [3.05, 3.63) is 78.0 Å². The molecule has 1 amide bonds. The molecular formula is C21H16F4N4O. The first-order valence-corrected chi connectivity index (χ1v) is 8.70. The minimum absolute atomic E-state index is 0.160. The van der Waals surface area contributed by atoms with E-state index >= 15 is 0 Å². The van der Waals surface area contributed by atoms with Crippen LogP contribution in [0.25, 0.3) is 22.0 Å². The van der Waals surface area contributed by atoms with Gasteiger partial charge in [-0.3, -0.25) is 15.2 Å². The predicted molar refractivity (Wildman–Crippen MR) is 106 cm³/mol. The molecule has 1 aromatic heterocycles. The number of carbonyl (C=O) groups is 1. The van der Waals surface area contributed by atoms with Crippen LogP contribution in [0.1, 0.15) is 10.4 Å². The lowest BCUT2D eigenvalue weighted by molar-refractivity contribution is -0.0584. The third-order valence-electron chi connectivity index (χ3n) is 4.24. The lowest BCUT2D eigenvalue weighted by Crippen LogP contribution is -2.32. The summed E-state index contributed by atoms with van der Waals surface area (Å²) in [5.74, 6) is -1.33. The lowest BCUT2D eigenvalue weighted by Gasteiger charge is -2.11. The second-order valence-corrected chi connectivity index (χ2v) is 6.28. The number of hydrogen-bond donors (Lipinski definition) is 3. The monoisotopic (exact) mass is 416 g/mol. The number of carbonyl (C=O) groups excluding carboxylic acids is 1. The second-order valence-electron chi connectivity index (χ2n) is 6.28. The minimum Gasteiger partial charge on any atom is -0.375 e. The van der Waals surface area contributed by atoms with E-state index < -0.39 is 17.8 Å². The number of benzene rings is 2. The van der Waals surface area contributed by atoms with E-state index in [9.17, 15) is 22.4 Å². The largest absolute Gasteiger partial charge is 0.432 e. The average molecular weight is 416 g/mol. The van der Waals surface area contributed by atoms with Gasteiger partial charge < -0.3 is 10.6 Å². The molecule has 154 valence electrons. The number of fused-ring (bicyclic) bond motifs is 1. The fourth-order valence-corrected chi connectivity index (χ4v) is 2.70. The van der Waals surface area contributed by atoms with Crippen molar-refractivity contribution in [1.29, 1.82) is 5.41 Å². The number of hydrogen-bond acceptors (Lipinski definition) is 4. The molecule has 0 fully saturated rings. The Morgan fingerprint density at radius 2 is 1.87 bits per heavy atom. The van der Waals surface area contributed by atoms with Gasteiger partial charge in [0, 0.05) is 41.4 Å². The van der Waals surface area contributed by atoms with Crippen molar-refractivity contribution < 1.29 is 22.4 Å². The maximum atomic E-state index is 14.0. The predicted octanol–water partition coefficient (Wildman–Crippen LogP) is 4.41. The molecule has 2 aromatic carbocycles. The van der Waals surface area contributed by atoms with Crippen molar-refractivity contribution in [2.75, 3.05) is 7.05 Å². The van der Waals surface area contributed by atoms with Crippen molar-refractivity contribution in [3.8, 4) is 11.1 Å². The van der Waals surface area contributed by atoms with Crippen LogP contribution in [-0.4, -0.2) is 29.8 Å². The summed E-state index contributed by atoms with van der Waals surface area (Å²) in [5, 5.41) is 12.4. The van der Waals surface area contributed by atoms with E-state index in [0.29, 0.717) is 28.1 Å². The Morgan fingerprint density at radius 3 is 2.53 bits per heavy atom. The van der Waals surface area contributed by atoms with Gasteiger partial charge in [-0.05, 0) is 24.3 Å². The number of pyridine rings is 1. The van der Waals surface area contributed by atoms with Crippen LogP contribution >= 0.6 is 0 Å². The van der Waals surface area contributed by atoms with Crippen LogP contribution in [0.4, 0.5) is 17.6 Å². The number of amides is 1.